The van der Waals surface area contributed by atoms with Crippen molar-refractivity contribution in [2.45, 2.75) is 25.3 Å². The molecule has 2 aromatic rings. The molecule has 0 saturated carbocycles. The van der Waals surface area contributed by atoms with E-state index >= 15 is 0 Å². The number of hydrogen-bond acceptors (Lipinski definition) is 4. The second-order valence-corrected chi connectivity index (χ2v) is 7.67. The first-order chi connectivity index (χ1) is 9.52. The lowest BCUT2D eigenvalue weighted by molar-refractivity contribution is 0.486. The molecule has 0 aliphatic heterocycles. The van der Waals surface area contributed by atoms with Crippen LogP contribution in [0.5, 0.6) is 0 Å². The highest BCUT2D eigenvalue weighted by Crippen LogP contribution is 2.35. The van der Waals surface area contributed by atoms with Gasteiger partial charge >= 0.3 is 0 Å². The van der Waals surface area contributed by atoms with Crippen LogP contribution in [0.1, 0.15) is 18.7 Å². The van der Waals surface area contributed by atoms with E-state index in [1.165, 1.54) is 4.31 Å². The average molecular weight is 312 g/mol. The summed E-state index contributed by atoms with van der Waals surface area (Å²) in [5.41, 5.74) is 0. The normalized spacial score (nSPS) is 12.4. The number of nitrogens with one attached hydrogen (secondary N) is 1. The molecule has 0 bridgehead atoms. The molecule has 0 spiro atoms. The molecule has 1 heterocycles. The first-order valence-electron chi connectivity index (χ1n) is 6.69. The van der Waals surface area contributed by atoms with E-state index in [0.717, 1.165) is 21.5 Å². The summed E-state index contributed by atoms with van der Waals surface area (Å²) < 4.78 is 27.9. The number of fused-ring (bicyclic) bond motifs is 1. The molecule has 110 valence electrons. The van der Waals surface area contributed by atoms with Crippen LogP contribution in [0, 0.1) is 0 Å². The molecule has 0 unspecified atom stereocenters. The van der Waals surface area contributed by atoms with Crippen molar-refractivity contribution in [3.05, 3.63) is 29.1 Å². The molecular weight excluding hydrogens is 292 g/mol. The Hall–Kier alpha value is -0.950. The van der Waals surface area contributed by atoms with Gasteiger partial charge in [-0.3, -0.25) is 0 Å². The summed E-state index contributed by atoms with van der Waals surface area (Å²) in [5.74, 6) is 0. The monoisotopic (exact) mass is 312 g/mol. The quantitative estimate of drug-likeness (QED) is 0.892. The van der Waals surface area contributed by atoms with Gasteiger partial charge < -0.3 is 5.32 Å². The molecule has 0 fully saturated rings. The van der Waals surface area contributed by atoms with Gasteiger partial charge in [0.25, 0.3) is 0 Å². The second-order valence-electron chi connectivity index (χ2n) is 4.55. The number of thiophene rings is 1. The molecular formula is C14H20N2O2S2. The Labute approximate surface area is 124 Å². The highest BCUT2D eigenvalue weighted by molar-refractivity contribution is 7.89. The van der Waals surface area contributed by atoms with Crippen molar-refractivity contribution >= 4 is 31.4 Å². The SMILES string of the molecule is CCNCc1sc2ccccc2c1S(=O)(=O)N(C)CC. The minimum atomic E-state index is -3.43. The summed E-state index contributed by atoms with van der Waals surface area (Å²) in [6, 6.07) is 7.69. The summed E-state index contributed by atoms with van der Waals surface area (Å²) >= 11 is 1.55. The minimum absolute atomic E-state index is 0.461. The molecule has 1 aromatic carbocycles. The summed E-state index contributed by atoms with van der Waals surface area (Å²) in [6.45, 7) is 5.72. The fourth-order valence-corrected chi connectivity index (χ4v) is 5.08. The van der Waals surface area contributed by atoms with E-state index in [1.54, 1.807) is 18.4 Å². The Bertz CT molecular complexity index is 692. The molecule has 0 amide bonds. The third-order valence-electron chi connectivity index (χ3n) is 3.27. The molecule has 0 saturated heterocycles. The zero-order valence-electron chi connectivity index (χ0n) is 12.0. The van der Waals surface area contributed by atoms with Crippen molar-refractivity contribution in [1.29, 1.82) is 0 Å². The van der Waals surface area contributed by atoms with Gasteiger partial charge in [-0.05, 0) is 12.6 Å². The first-order valence-corrected chi connectivity index (χ1v) is 8.95. The van der Waals surface area contributed by atoms with E-state index in [1.807, 2.05) is 38.1 Å². The Morgan fingerprint density at radius 3 is 2.60 bits per heavy atom. The van der Waals surface area contributed by atoms with Gasteiger partial charge in [0.1, 0.15) is 4.90 Å². The predicted octanol–water partition coefficient (Wildman–Crippen LogP) is 2.65. The van der Waals surface area contributed by atoms with Gasteiger partial charge in [-0.15, -0.1) is 11.3 Å². The van der Waals surface area contributed by atoms with E-state index in [-0.39, 0.29) is 0 Å². The van der Waals surface area contributed by atoms with E-state index in [2.05, 4.69) is 5.32 Å². The summed E-state index contributed by atoms with van der Waals surface area (Å²) in [7, 11) is -1.81. The number of sulfonamides is 1. The van der Waals surface area contributed by atoms with Crippen LogP contribution in [-0.2, 0) is 16.6 Å². The molecule has 1 N–H and O–H groups in total. The van der Waals surface area contributed by atoms with Crippen LogP contribution in [0.4, 0.5) is 0 Å². The second kappa shape index (κ2) is 6.22. The number of benzene rings is 1. The molecule has 0 aliphatic carbocycles. The van der Waals surface area contributed by atoms with Crippen LogP contribution < -0.4 is 5.32 Å². The predicted molar refractivity (Wildman–Crippen MR) is 84.7 cm³/mol. The van der Waals surface area contributed by atoms with Gasteiger partial charge in [0, 0.05) is 35.1 Å². The number of hydrogen-bond donors (Lipinski definition) is 1. The standard InChI is InChI=1S/C14H20N2O2S2/c1-4-15-10-13-14(20(17,18)16(3)5-2)11-8-6-7-9-12(11)19-13/h6-9,15H,4-5,10H2,1-3H3. The fraction of sp³-hybridized carbons (Fsp3) is 0.429. The summed E-state index contributed by atoms with van der Waals surface area (Å²) in [5, 5.41) is 4.05. The molecule has 1 aromatic heterocycles. The Morgan fingerprint density at radius 2 is 1.95 bits per heavy atom. The Kier molecular flexibility index (Phi) is 4.80. The molecule has 0 atom stereocenters. The maximum Gasteiger partial charge on any atom is 0.244 e. The molecule has 0 aliphatic rings. The Balaban J connectivity index is 2.65. The van der Waals surface area contributed by atoms with Crippen LogP contribution in [0.3, 0.4) is 0 Å². The molecule has 20 heavy (non-hydrogen) atoms. The highest BCUT2D eigenvalue weighted by Gasteiger charge is 2.27. The van der Waals surface area contributed by atoms with Crippen molar-refractivity contribution in [2.75, 3.05) is 20.1 Å². The summed E-state index contributed by atoms with van der Waals surface area (Å²) in [4.78, 5) is 1.34. The lowest BCUT2D eigenvalue weighted by atomic mass is 10.2. The van der Waals surface area contributed by atoms with E-state index in [9.17, 15) is 8.42 Å². The molecule has 2 rings (SSSR count). The van der Waals surface area contributed by atoms with E-state index in [0.29, 0.717) is 18.0 Å². The van der Waals surface area contributed by atoms with Crippen LogP contribution in [0.15, 0.2) is 29.2 Å². The highest BCUT2D eigenvalue weighted by atomic mass is 32.2. The van der Waals surface area contributed by atoms with Crippen molar-refractivity contribution < 1.29 is 8.42 Å². The molecule has 4 nitrogen and oxygen atoms in total. The van der Waals surface area contributed by atoms with Gasteiger partial charge in [-0.2, -0.15) is 0 Å². The lowest BCUT2D eigenvalue weighted by Gasteiger charge is -2.16. The third kappa shape index (κ3) is 2.74. The van der Waals surface area contributed by atoms with Crippen molar-refractivity contribution in [3.63, 3.8) is 0 Å². The van der Waals surface area contributed by atoms with Crippen molar-refractivity contribution in [3.8, 4) is 0 Å². The molecule has 0 radical (unpaired) electrons. The topological polar surface area (TPSA) is 49.4 Å². The maximum atomic E-state index is 12.7. The molecule has 6 heteroatoms. The van der Waals surface area contributed by atoms with Crippen LogP contribution >= 0.6 is 11.3 Å². The average Bonchev–Trinajstić information content (AvgIpc) is 2.82. The van der Waals surface area contributed by atoms with Gasteiger partial charge in [-0.25, -0.2) is 12.7 Å². The fourth-order valence-electron chi connectivity index (χ4n) is 2.04. The van der Waals surface area contributed by atoms with Crippen LogP contribution in [-0.4, -0.2) is 32.9 Å². The summed E-state index contributed by atoms with van der Waals surface area (Å²) in [6.07, 6.45) is 0. The zero-order chi connectivity index (χ0) is 14.8. The largest absolute Gasteiger partial charge is 0.312 e. The van der Waals surface area contributed by atoms with Crippen LogP contribution in [0.25, 0.3) is 10.1 Å². The minimum Gasteiger partial charge on any atom is -0.312 e. The van der Waals surface area contributed by atoms with E-state index < -0.39 is 10.0 Å². The van der Waals surface area contributed by atoms with Crippen LogP contribution in [0.2, 0.25) is 0 Å². The number of rotatable bonds is 6. The van der Waals surface area contributed by atoms with Gasteiger partial charge in [-0.1, -0.05) is 32.0 Å². The van der Waals surface area contributed by atoms with Gasteiger partial charge in [0.2, 0.25) is 10.0 Å². The Morgan fingerprint density at radius 1 is 1.25 bits per heavy atom. The van der Waals surface area contributed by atoms with E-state index in [4.69, 9.17) is 0 Å². The lowest BCUT2D eigenvalue weighted by Crippen LogP contribution is -2.27. The first kappa shape index (κ1) is 15.4. The smallest absolute Gasteiger partial charge is 0.244 e. The van der Waals surface area contributed by atoms with Crippen molar-refractivity contribution in [1.82, 2.24) is 9.62 Å². The third-order valence-corrected chi connectivity index (χ3v) is 6.63. The van der Waals surface area contributed by atoms with Gasteiger partial charge in [0.05, 0.1) is 0 Å². The number of nitrogens with zero attached hydrogens (tertiary/aromatic N) is 1. The zero-order valence-corrected chi connectivity index (χ0v) is 13.6. The maximum absolute atomic E-state index is 12.7. The van der Waals surface area contributed by atoms with Crippen molar-refractivity contribution in [2.24, 2.45) is 0 Å². The van der Waals surface area contributed by atoms with Gasteiger partial charge in [0.15, 0.2) is 0 Å².